The molecule has 0 radical (unpaired) electrons. The van der Waals surface area contributed by atoms with Crippen molar-refractivity contribution in [1.82, 2.24) is 9.47 Å². The van der Waals surface area contributed by atoms with Crippen molar-refractivity contribution in [3.8, 4) is 0 Å². The molecule has 0 spiro atoms. The van der Waals surface area contributed by atoms with E-state index in [1.807, 2.05) is 0 Å². The van der Waals surface area contributed by atoms with E-state index < -0.39 is 23.4 Å². The highest BCUT2D eigenvalue weighted by Gasteiger charge is 2.27. The highest BCUT2D eigenvalue weighted by atomic mass is 19.1. The van der Waals surface area contributed by atoms with Gasteiger partial charge in [0.05, 0.1) is 24.5 Å². The van der Waals surface area contributed by atoms with Gasteiger partial charge < -0.3 is 19.5 Å². The zero-order valence-electron chi connectivity index (χ0n) is 16.1. The molecule has 2 amide bonds. The number of morpholine rings is 1. The van der Waals surface area contributed by atoms with Gasteiger partial charge in [-0.15, -0.1) is 0 Å². The molecule has 0 bridgehead atoms. The van der Waals surface area contributed by atoms with Crippen molar-refractivity contribution in [3.63, 3.8) is 0 Å². The smallest absolute Gasteiger partial charge is 0.295 e. The number of nitrogens with zero attached hydrogens (tertiary/aromatic N) is 2. The van der Waals surface area contributed by atoms with Crippen LogP contribution in [0.25, 0.3) is 10.9 Å². The minimum atomic E-state index is -0.624. The van der Waals surface area contributed by atoms with E-state index in [0.29, 0.717) is 37.2 Å². The van der Waals surface area contributed by atoms with Gasteiger partial charge in [0, 0.05) is 30.2 Å². The molecule has 1 aliphatic rings. The van der Waals surface area contributed by atoms with Crippen molar-refractivity contribution in [2.45, 2.75) is 6.54 Å². The van der Waals surface area contributed by atoms with Gasteiger partial charge in [-0.25, -0.2) is 4.39 Å². The summed E-state index contributed by atoms with van der Waals surface area (Å²) in [4.78, 5) is 39.5. The van der Waals surface area contributed by atoms with Crippen LogP contribution in [-0.2, 0) is 20.9 Å². The van der Waals surface area contributed by atoms with Crippen LogP contribution in [0.2, 0.25) is 0 Å². The normalized spacial score (nSPS) is 14.0. The first-order chi connectivity index (χ1) is 14.5. The number of aromatic nitrogens is 1. The van der Waals surface area contributed by atoms with Crippen LogP contribution in [0.1, 0.15) is 10.4 Å². The molecule has 1 fully saturated rings. The Bertz CT molecular complexity index is 1120. The molecule has 0 aliphatic carbocycles. The fourth-order valence-corrected chi connectivity index (χ4v) is 3.49. The number of carbonyl (C=O) groups excluding carboxylic acids is 3. The molecule has 8 heteroatoms. The van der Waals surface area contributed by atoms with Crippen LogP contribution in [0.4, 0.5) is 10.1 Å². The second-order valence-corrected chi connectivity index (χ2v) is 6.95. The maximum atomic E-state index is 13.8. The molecule has 1 saturated heterocycles. The zero-order chi connectivity index (χ0) is 21.1. The van der Waals surface area contributed by atoms with Gasteiger partial charge >= 0.3 is 0 Å². The highest BCUT2D eigenvalue weighted by Crippen LogP contribution is 2.23. The number of ketones is 1. The Kier molecular flexibility index (Phi) is 5.58. The van der Waals surface area contributed by atoms with Crippen LogP contribution < -0.4 is 5.32 Å². The summed E-state index contributed by atoms with van der Waals surface area (Å²) in [5.74, 6) is -2.19. The van der Waals surface area contributed by atoms with E-state index in [4.69, 9.17) is 4.74 Å². The van der Waals surface area contributed by atoms with E-state index in [-0.39, 0.29) is 17.8 Å². The van der Waals surface area contributed by atoms with Crippen LogP contribution in [0.15, 0.2) is 54.7 Å². The molecule has 0 saturated carbocycles. The monoisotopic (exact) mass is 409 g/mol. The second-order valence-electron chi connectivity index (χ2n) is 6.95. The van der Waals surface area contributed by atoms with E-state index in [0.717, 1.165) is 0 Å². The van der Waals surface area contributed by atoms with E-state index in [1.54, 1.807) is 34.9 Å². The molecular formula is C22H20FN3O4. The van der Waals surface area contributed by atoms with Crippen molar-refractivity contribution in [3.05, 3.63) is 66.1 Å². The molecule has 7 nitrogen and oxygen atoms in total. The molecule has 154 valence electrons. The van der Waals surface area contributed by atoms with Crippen molar-refractivity contribution in [1.29, 1.82) is 0 Å². The summed E-state index contributed by atoms with van der Waals surface area (Å²) in [7, 11) is 0. The first-order valence-corrected chi connectivity index (χ1v) is 9.58. The standard InChI is InChI=1S/C22H20FN3O4/c23-17-6-2-3-7-18(17)24-20(27)14-26-13-16(15-5-1-4-8-19(15)26)21(28)22(29)25-9-11-30-12-10-25/h1-8,13H,9-12,14H2,(H,24,27). The van der Waals surface area contributed by atoms with Crippen molar-refractivity contribution in [2.75, 3.05) is 31.6 Å². The molecule has 2 aromatic carbocycles. The average molecular weight is 409 g/mol. The third-order valence-electron chi connectivity index (χ3n) is 4.99. The molecule has 1 aliphatic heterocycles. The number of halogens is 1. The van der Waals surface area contributed by atoms with Gasteiger partial charge in [-0.05, 0) is 18.2 Å². The molecule has 4 rings (SSSR count). The van der Waals surface area contributed by atoms with Gasteiger partial charge in [-0.2, -0.15) is 0 Å². The number of ether oxygens (including phenoxy) is 1. The van der Waals surface area contributed by atoms with Gasteiger partial charge in [-0.1, -0.05) is 30.3 Å². The lowest BCUT2D eigenvalue weighted by Gasteiger charge is -2.25. The number of hydrogen-bond donors (Lipinski definition) is 1. The Balaban J connectivity index is 1.59. The van der Waals surface area contributed by atoms with Crippen LogP contribution in [0, 0.1) is 5.82 Å². The van der Waals surface area contributed by atoms with Crippen molar-refractivity contribution in [2.24, 2.45) is 0 Å². The van der Waals surface area contributed by atoms with E-state index >= 15 is 0 Å². The first-order valence-electron chi connectivity index (χ1n) is 9.58. The Labute approximate surface area is 172 Å². The van der Waals surface area contributed by atoms with Crippen LogP contribution in [-0.4, -0.2) is 53.4 Å². The number of amides is 2. The third-order valence-corrected chi connectivity index (χ3v) is 4.99. The molecule has 2 heterocycles. The maximum absolute atomic E-state index is 13.8. The van der Waals surface area contributed by atoms with Crippen molar-refractivity contribution >= 4 is 34.2 Å². The van der Waals surface area contributed by atoms with Gasteiger partial charge in [-0.3, -0.25) is 14.4 Å². The minimum absolute atomic E-state index is 0.0813. The van der Waals surface area contributed by atoms with Gasteiger partial charge in [0.1, 0.15) is 12.4 Å². The summed E-state index contributed by atoms with van der Waals surface area (Å²) in [6.07, 6.45) is 1.51. The number of fused-ring (bicyclic) bond motifs is 1. The molecule has 0 atom stereocenters. The highest BCUT2D eigenvalue weighted by molar-refractivity contribution is 6.44. The lowest BCUT2D eigenvalue weighted by Crippen LogP contribution is -2.44. The average Bonchev–Trinajstić information content (AvgIpc) is 3.13. The van der Waals surface area contributed by atoms with Crippen LogP contribution in [0.3, 0.4) is 0 Å². The fourth-order valence-electron chi connectivity index (χ4n) is 3.49. The van der Waals surface area contributed by atoms with Gasteiger partial charge in [0.15, 0.2) is 0 Å². The number of hydrogen-bond acceptors (Lipinski definition) is 4. The Hall–Kier alpha value is -3.52. The van der Waals surface area contributed by atoms with E-state index in [2.05, 4.69) is 5.32 Å². The van der Waals surface area contributed by atoms with Gasteiger partial charge in [0.2, 0.25) is 5.91 Å². The summed E-state index contributed by atoms with van der Waals surface area (Å²) in [5.41, 5.74) is 0.956. The van der Waals surface area contributed by atoms with Crippen LogP contribution in [0.5, 0.6) is 0 Å². The summed E-state index contributed by atoms with van der Waals surface area (Å²) in [6.45, 7) is 1.41. The Morgan fingerprint density at radius 1 is 1.00 bits per heavy atom. The summed E-state index contributed by atoms with van der Waals surface area (Å²) < 4.78 is 20.6. The zero-order valence-corrected chi connectivity index (χ0v) is 16.1. The number of para-hydroxylation sites is 2. The molecular weight excluding hydrogens is 389 g/mol. The van der Waals surface area contributed by atoms with E-state index in [1.165, 1.54) is 29.3 Å². The molecule has 30 heavy (non-hydrogen) atoms. The van der Waals surface area contributed by atoms with E-state index in [9.17, 15) is 18.8 Å². The van der Waals surface area contributed by atoms with Gasteiger partial charge in [0.25, 0.3) is 11.7 Å². The predicted octanol–water partition coefficient (Wildman–Crippen LogP) is 2.46. The number of Topliss-reactive ketones (excluding diaryl/α,β-unsaturated/α-hetero) is 1. The first kappa shape index (κ1) is 19.8. The Morgan fingerprint density at radius 3 is 2.47 bits per heavy atom. The quantitative estimate of drug-likeness (QED) is 0.519. The minimum Gasteiger partial charge on any atom is -0.378 e. The third kappa shape index (κ3) is 3.95. The number of anilines is 1. The summed E-state index contributed by atoms with van der Waals surface area (Å²) in [6, 6.07) is 12.9. The fraction of sp³-hybridized carbons (Fsp3) is 0.227. The number of rotatable bonds is 5. The molecule has 1 N–H and O–H groups in total. The van der Waals surface area contributed by atoms with Crippen LogP contribution >= 0.6 is 0 Å². The second kappa shape index (κ2) is 8.46. The Morgan fingerprint density at radius 2 is 1.70 bits per heavy atom. The maximum Gasteiger partial charge on any atom is 0.295 e. The number of benzene rings is 2. The predicted molar refractivity (Wildman–Crippen MR) is 109 cm³/mol. The number of carbonyl (C=O) groups is 3. The molecule has 0 unspecified atom stereocenters. The molecule has 1 aromatic heterocycles. The lowest BCUT2D eigenvalue weighted by atomic mass is 10.1. The summed E-state index contributed by atoms with van der Waals surface area (Å²) in [5, 5.41) is 3.11. The molecule has 3 aromatic rings. The topological polar surface area (TPSA) is 80.6 Å². The summed E-state index contributed by atoms with van der Waals surface area (Å²) >= 11 is 0. The lowest BCUT2D eigenvalue weighted by molar-refractivity contribution is -0.130. The number of nitrogens with one attached hydrogen (secondary N) is 1. The largest absolute Gasteiger partial charge is 0.378 e. The SMILES string of the molecule is O=C(Cn1cc(C(=O)C(=O)N2CCOCC2)c2ccccc21)Nc1ccccc1F. The van der Waals surface area contributed by atoms with Crippen molar-refractivity contribution < 1.29 is 23.5 Å².